The number of likely N-dealkylation sites (N-methyl/N-ethyl adjacent to an activating group) is 2. The smallest absolute Gasteiger partial charge is 0.324 e. The van der Waals surface area contributed by atoms with Gasteiger partial charge in [0.2, 0.25) is 0 Å². The highest BCUT2D eigenvalue weighted by atomic mass is 16.5. The second-order valence-corrected chi connectivity index (χ2v) is 7.30. The van der Waals surface area contributed by atoms with Crippen molar-refractivity contribution in [3.05, 3.63) is 54.1 Å². The fraction of sp³-hybridized carbons (Fsp3) is 0.409. The van der Waals surface area contributed by atoms with Gasteiger partial charge >= 0.3 is 6.03 Å². The van der Waals surface area contributed by atoms with Crippen molar-refractivity contribution in [1.82, 2.24) is 9.80 Å². The number of rotatable bonds is 5. The Morgan fingerprint density at radius 1 is 1.14 bits per heavy atom. The topological polar surface area (TPSA) is 45.2 Å². The minimum atomic E-state index is -0.0989. The number of urea groups is 1. The van der Waals surface area contributed by atoms with E-state index < -0.39 is 0 Å². The van der Waals surface area contributed by atoms with Crippen molar-refractivity contribution in [2.75, 3.05) is 52.8 Å². The first-order chi connectivity index (χ1) is 13.5. The second-order valence-electron chi connectivity index (χ2n) is 7.30. The molecule has 1 heterocycles. The van der Waals surface area contributed by atoms with E-state index in [1.807, 2.05) is 57.5 Å². The van der Waals surface area contributed by atoms with Gasteiger partial charge in [0, 0.05) is 39.2 Å². The summed E-state index contributed by atoms with van der Waals surface area (Å²) >= 11 is 0. The number of methoxy groups -OCH3 is 1. The molecule has 6 heteroatoms. The molecule has 1 unspecified atom stereocenters. The quantitative estimate of drug-likeness (QED) is 0.791. The van der Waals surface area contributed by atoms with Crippen LogP contribution in [0.4, 0.5) is 10.5 Å². The third-order valence-electron chi connectivity index (χ3n) is 4.95. The first kappa shape index (κ1) is 20.0. The zero-order valence-electron chi connectivity index (χ0n) is 17.1. The number of hydrogen-bond acceptors (Lipinski definition) is 4. The molecule has 0 saturated carbocycles. The number of benzene rings is 2. The fourth-order valence-corrected chi connectivity index (χ4v) is 3.27. The van der Waals surface area contributed by atoms with E-state index in [1.54, 1.807) is 16.9 Å². The van der Waals surface area contributed by atoms with Crippen LogP contribution in [0.15, 0.2) is 48.5 Å². The molecule has 1 aliphatic rings. The number of anilines is 1. The van der Waals surface area contributed by atoms with Crippen LogP contribution in [0.1, 0.15) is 18.1 Å². The molecule has 0 bridgehead atoms. The van der Waals surface area contributed by atoms with E-state index >= 15 is 0 Å². The molecular weight excluding hydrogens is 354 g/mol. The summed E-state index contributed by atoms with van der Waals surface area (Å²) in [5.74, 6) is 1.40. The van der Waals surface area contributed by atoms with Crippen molar-refractivity contribution in [2.24, 2.45) is 0 Å². The Morgan fingerprint density at radius 2 is 1.89 bits per heavy atom. The number of amides is 2. The molecule has 0 spiro atoms. The lowest BCUT2D eigenvalue weighted by atomic mass is 10.1. The van der Waals surface area contributed by atoms with Gasteiger partial charge in [-0.25, -0.2) is 4.79 Å². The summed E-state index contributed by atoms with van der Waals surface area (Å²) in [6.07, 6.45) is 0.618. The highest BCUT2D eigenvalue weighted by Gasteiger charge is 2.29. The summed E-state index contributed by atoms with van der Waals surface area (Å²) in [7, 11) is 7.47. The molecule has 1 aliphatic heterocycles. The molecule has 2 aromatic rings. The standard InChI is InChI=1S/C22H29N3O3/c1-23(2)14-15-24(3)22(26)25-13-12-20(17-8-6-5-7-9-17)28-21-11-10-18(27-4)16-19(21)25/h5-11,16,20H,12-15H2,1-4H3. The van der Waals surface area contributed by atoms with E-state index in [4.69, 9.17) is 9.47 Å². The maximum Gasteiger partial charge on any atom is 0.324 e. The molecule has 28 heavy (non-hydrogen) atoms. The van der Waals surface area contributed by atoms with Crippen LogP contribution in [0.3, 0.4) is 0 Å². The highest BCUT2D eigenvalue weighted by Crippen LogP contribution is 2.39. The van der Waals surface area contributed by atoms with E-state index in [9.17, 15) is 4.79 Å². The third kappa shape index (κ3) is 4.57. The van der Waals surface area contributed by atoms with Crippen molar-refractivity contribution < 1.29 is 14.3 Å². The summed E-state index contributed by atoms with van der Waals surface area (Å²) in [5, 5.41) is 0. The zero-order chi connectivity index (χ0) is 20.1. The van der Waals surface area contributed by atoms with E-state index in [0.29, 0.717) is 31.0 Å². The molecule has 3 rings (SSSR count). The van der Waals surface area contributed by atoms with E-state index in [2.05, 4.69) is 17.0 Å². The summed E-state index contributed by atoms with van der Waals surface area (Å²) < 4.78 is 11.7. The molecule has 0 fully saturated rings. The van der Waals surface area contributed by atoms with Crippen LogP contribution in [0.2, 0.25) is 0 Å². The van der Waals surface area contributed by atoms with Crippen LogP contribution < -0.4 is 14.4 Å². The summed E-state index contributed by atoms with van der Waals surface area (Å²) in [6, 6.07) is 15.7. The number of nitrogens with zero attached hydrogens (tertiary/aromatic N) is 3. The summed E-state index contributed by atoms with van der Waals surface area (Å²) in [5.41, 5.74) is 1.86. The molecule has 0 aromatic heterocycles. The maximum atomic E-state index is 13.2. The molecule has 2 aromatic carbocycles. The lowest BCUT2D eigenvalue weighted by Gasteiger charge is -2.28. The number of carbonyl (C=O) groups excluding carboxylic acids is 1. The Kier molecular flexibility index (Phi) is 6.41. The van der Waals surface area contributed by atoms with Crippen molar-refractivity contribution in [3.8, 4) is 11.5 Å². The Hall–Kier alpha value is -2.73. The number of fused-ring (bicyclic) bond motifs is 1. The zero-order valence-corrected chi connectivity index (χ0v) is 17.1. The first-order valence-electron chi connectivity index (χ1n) is 9.56. The van der Waals surface area contributed by atoms with Gasteiger partial charge in [-0.1, -0.05) is 30.3 Å². The van der Waals surface area contributed by atoms with Crippen LogP contribution in [-0.4, -0.2) is 63.7 Å². The van der Waals surface area contributed by atoms with Gasteiger partial charge in [-0.05, 0) is 31.8 Å². The molecular formula is C22H29N3O3. The first-order valence-corrected chi connectivity index (χ1v) is 9.56. The maximum absolute atomic E-state index is 13.2. The number of ether oxygens (including phenoxy) is 2. The van der Waals surface area contributed by atoms with Crippen molar-refractivity contribution >= 4 is 11.7 Å². The minimum Gasteiger partial charge on any atom is -0.497 e. The van der Waals surface area contributed by atoms with Gasteiger partial charge in [-0.3, -0.25) is 4.90 Å². The van der Waals surface area contributed by atoms with Crippen LogP contribution >= 0.6 is 0 Å². The van der Waals surface area contributed by atoms with Crippen LogP contribution in [0.25, 0.3) is 0 Å². The fourth-order valence-electron chi connectivity index (χ4n) is 3.27. The van der Waals surface area contributed by atoms with Gasteiger partial charge in [0.05, 0.1) is 12.8 Å². The number of carbonyl (C=O) groups is 1. The highest BCUT2D eigenvalue weighted by molar-refractivity contribution is 5.94. The van der Waals surface area contributed by atoms with Crippen molar-refractivity contribution in [1.29, 1.82) is 0 Å². The van der Waals surface area contributed by atoms with E-state index in [-0.39, 0.29) is 12.1 Å². The van der Waals surface area contributed by atoms with E-state index in [1.165, 1.54) is 0 Å². The lowest BCUT2D eigenvalue weighted by molar-refractivity contribution is 0.201. The normalized spacial score (nSPS) is 16.2. The van der Waals surface area contributed by atoms with Gasteiger partial charge in [-0.15, -0.1) is 0 Å². The van der Waals surface area contributed by atoms with Gasteiger partial charge in [0.25, 0.3) is 0 Å². The minimum absolute atomic E-state index is 0.0336. The largest absolute Gasteiger partial charge is 0.497 e. The second kappa shape index (κ2) is 8.97. The average Bonchev–Trinajstić information content (AvgIpc) is 2.91. The molecule has 0 saturated heterocycles. The Labute approximate surface area is 167 Å². The molecule has 0 radical (unpaired) electrons. The average molecular weight is 383 g/mol. The molecule has 0 N–H and O–H groups in total. The molecule has 6 nitrogen and oxygen atoms in total. The Balaban J connectivity index is 1.90. The SMILES string of the molecule is COc1ccc2c(c1)N(C(=O)N(C)CCN(C)C)CCC(c1ccccc1)O2. The van der Waals surface area contributed by atoms with Crippen LogP contribution in [-0.2, 0) is 0 Å². The lowest BCUT2D eigenvalue weighted by Crippen LogP contribution is -2.44. The predicted molar refractivity (Wildman–Crippen MR) is 111 cm³/mol. The molecule has 2 amide bonds. The molecule has 1 atom stereocenters. The van der Waals surface area contributed by atoms with Crippen LogP contribution in [0.5, 0.6) is 11.5 Å². The summed E-state index contributed by atoms with van der Waals surface area (Å²) in [6.45, 7) is 2.04. The van der Waals surface area contributed by atoms with Gasteiger partial charge in [-0.2, -0.15) is 0 Å². The predicted octanol–water partition coefficient (Wildman–Crippen LogP) is 3.64. The van der Waals surface area contributed by atoms with E-state index in [0.717, 1.165) is 17.8 Å². The molecule has 150 valence electrons. The van der Waals surface area contributed by atoms with Gasteiger partial charge in [0.1, 0.15) is 17.6 Å². The van der Waals surface area contributed by atoms with Gasteiger partial charge < -0.3 is 19.3 Å². The van der Waals surface area contributed by atoms with Crippen LogP contribution in [0, 0.1) is 0 Å². The summed E-state index contributed by atoms with van der Waals surface area (Å²) in [4.78, 5) is 18.8. The Bertz CT molecular complexity index is 795. The third-order valence-corrected chi connectivity index (χ3v) is 4.95. The van der Waals surface area contributed by atoms with Crippen molar-refractivity contribution in [2.45, 2.75) is 12.5 Å². The monoisotopic (exact) mass is 383 g/mol. The number of hydrogen-bond donors (Lipinski definition) is 0. The van der Waals surface area contributed by atoms with Crippen molar-refractivity contribution in [3.63, 3.8) is 0 Å². The Morgan fingerprint density at radius 3 is 2.57 bits per heavy atom. The van der Waals surface area contributed by atoms with Gasteiger partial charge in [0.15, 0.2) is 0 Å². The molecule has 0 aliphatic carbocycles.